The number of carboxylic acids is 1. The number of nitrogens with one attached hydrogen (secondary N) is 2. The number of halogens is 2. The first-order valence-corrected chi connectivity index (χ1v) is 12.6. The van der Waals surface area contributed by atoms with Gasteiger partial charge in [0.2, 0.25) is 12.2 Å². The Bertz CT molecular complexity index is 1650. The minimum atomic E-state index is -2.35. The number of rotatable bonds is 8. The minimum absolute atomic E-state index is 0.0409. The maximum Gasteiger partial charge on any atom is 0.349 e. The first-order chi connectivity index (χ1) is 19.7. The number of hydrogen-bond donors (Lipinski definition) is 3. The molecule has 0 aliphatic rings. The number of benzene rings is 4. The van der Waals surface area contributed by atoms with Crippen LogP contribution in [0.5, 0.6) is 0 Å². The summed E-state index contributed by atoms with van der Waals surface area (Å²) in [4.78, 5) is 64.0. The van der Waals surface area contributed by atoms with Gasteiger partial charge in [0, 0.05) is 5.56 Å². The van der Waals surface area contributed by atoms with Gasteiger partial charge in [0.05, 0.1) is 21.2 Å². The van der Waals surface area contributed by atoms with Gasteiger partial charge in [-0.2, -0.15) is 0 Å². The third-order valence-corrected chi connectivity index (χ3v) is 6.42. The van der Waals surface area contributed by atoms with E-state index in [-0.39, 0.29) is 26.7 Å². The summed E-state index contributed by atoms with van der Waals surface area (Å²) in [5.74, 6) is -6.26. The van der Waals surface area contributed by atoms with Crippen LogP contribution in [0.1, 0.15) is 31.1 Å². The van der Waals surface area contributed by atoms with Crippen LogP contribution in [0.25, 0.3) is 10.8 Å². The number of hydrazine groups is 1. The van der Waals surface area contributed by atoms with Gasteiger partial charge in [0.15, 0.2) is 0 Å². The van der Waals surface area contributed by atoms with Gasteiger partial charge < -0.3 is 14.6 Å². The molecule has 0 bridgehead atoms. The molecule has 0 unspecified atom stereocenters. The Morgan fingerprint density at radius 3 is 1.68 bits per heavy atom. The molecule has 2 atom stereocenters. The van der Waals surface area contributed by atoms with Gasteiger partial charge in [-0.25, -0.2) is 14.4 Å². The fourth-order valence-electron chi connectivity index (χ4n) is 3.79. The van der Waals surface area contributed by atoms with Gasteiger partial charge in [0.1, 0.15) is 0 Å². The highest BCUT2D eigenvalue weighted by Gasteiger charge is 2.41. The van der Waals surface area contributed by atoms with E-state index in [0.29, 0.717) is 5.39 Å². The Labute approximate surface area is 242 Å². The van der Waals surface area contributed by atoms with E-state index < -0.39 is 41.9 Å². The largest absolute Gasteiger partial charge is 0.478 e. The maximum absolute atomic E-state index is 13.2. The second-order valence-electron chi connectivity index (χ2n) is 8.42. The number of amides is 2. The molecule has 4 aromatic rings. The van der Waals surface area contributed by atoms with E-state index in [1.165, 1.54) is 54.6 Å². The van der Waals surface area contributed by atoms with Crippen molar-refractivity contribution in [2.24, 2.45) is 0 Å². The highest BCUT2D eigenvalue weighted by Crippen LogP contribution is 2.21. The average Bonchev–Trinajstić information content (AvgIpc) is 2.97. The lowest BCUT2D eigenvalue weighted by atomic mass is 10.0. The van der Waals surface area contributed by atoms with Crippen molar-refractivity contribution in [3.8, 4) is 0 Å². The van der Waals surface area contributed by atoms with Crippen molar-refractivity contribution in [3.63, 3.8) is 0 Å². The molecule has 4 rings (SSSR count). The number of fused-ring (bicyclic) bond motifs is 1. The van der Waals surface area contributed by atoms with Crippen molar-refractivity contribution in [1.82, 2.24) is 10.9 Å². The van der Waals surface area contributed by atoms with Crippen molar-refractivity contribution in [2.45, 2.75) is 12.2 Å². The quantitative estimate of drug-likeness (QED) is 0.200. The molecular weight excluding hydrogens is 575 g/mol. The number of ether oxygens (including phenoxy) is 2. The fraction of sp³-hybridized carbons (Fsp3) is 0.0690. The van der Waals surface area contributed by atoms with Crippen LogP contribution in [0.2, 0.25) is 10.0 Å². The summed E-state index contributed by atoms with van der Waals surface area (Å²) < 4.78 is 10.3. The van der Waals surface area contributed by atoms with E-state index in [4.69, 9.17) is 32.7 Å². The summed E-state index contributed by atoms with van der Waals surface area (Å²) in [6.07, 6.45) is -4.62. The van der Waals surface area contributed by atoms with Crippen LogP contribution in [-0.2, 0) is 19.1 Å². The lowest BCUT2D eigenvalue weighted by molar-refractivity contribution is -0.159. The summed E-state index contributed by atoms with van der Waals surface area (Å²) in [5.41, 5.74) is 4.04. The molecule has 0 saturated heterocycles. The standard InChI is InChI=1S/C29H20Cl2N2O8/c30-21-14-5-3-11-19(21)28(38)40-23(24(27(36)37)41-29(39)20-12-4-6-15-22(20)31)26(35)33-32-25(34)18-13-7-9-16-8-1-2-10-17(16)18/h1-15,23-24H,(H,32,34)(H,33,35)(H,36,37)/t23-,24+/m1/s1. The summed E-state index contributed by atoms with van der Waals surface area (Å²) in [7, 11) is 0. The number of carboxylic acid groups (broad SMARTS) is 1. The molecule has 0 fully saturated rings. The smallest absolute Gasteiger partial charge is 0.349 e. The van der Waals surface area contributed by atoms with Crippen molar-refractivity contribution in [1.29, 1.82) is 0 Å². The summed E-state index contributed by atoms with van der Waals surface area (Å²) in [6.45, 7) is 0. The normalized spacial score (nSPS) is 12.0. The number of hydrogen-bond acceptors (Lipinski definition) is 7. The molecule has 4 aromatic carbocycles. The van der Waals surface area contributed by atoms with Crippen LogP contribution in [0.3, 0.4) is 0 Å². The van der Waals surface area contributed by atoms with Gasteiger partial charge in [-0.1, -0.05) is 83.9 Å². The molecule has 0 aliphatic heterocycles. The second kappa shape index (κ2) is 12.9. The van der Waals surface area contributed by atoms with Gasteiger partial charge in [0.25, 0.3) is 11.8 Å². The summed E-state index contributed by atoms with van der Waals surface area (Å²) >= 11 is 12.1. The first kappa shape index (κ1) is 29.1. The molecule has 41 heavy (non-hydrogen) atoms. The van der Waals surface area contributed by atoms with Crippen molar-refractivity contribution in [3.05, 3.63) is 118 Å². The lowest BCUT2D eigenvalue weighted by Crippen LogP contribution is -2.54. The Morgan fingerprint density at radius 2 is 1.10 bits per heavy atom. The molecule has 3 N–H and O–H groups in total. The van der Waals surface area contributed by atoms with Crippen LogP contribution < -0.4 is 10.9 Å². The third-order valence-electron chi connectivity index (χ3n) is 5.77. The maximum atomic E-state index is 13.2. The Morgan fingerprint density at radius 1 is 0.610 bits per heavy atom. The Kier molecular flexibility index (Phi) is 9.18. The van der Waals surface area contributed by atoms with E-state index in [0.717, 1.165) is 5.39 Å². The molecule has 0 spiro atoms. The highest BCUT2D eigenvalue weighted by atomic mass is 35.5. The third kappa shape index (κ3) is 6.81. The molecule has 0 aliphatic carbocycles. The second-order valence-corrected chi connectivity index (χ2v) is 9.23. The van der Waals surface area contributed by atoms with Crippen LogP contribution in [-0.4, -0.2) is 47.0 Å². The van der Waals surface area contributed by atoms with Gasteiger partial charge in [-0.3, -0.25) is 20.4 Å². The number of carbonyl (C=O) groups is 5. The molecule has 0 radical (unpaired) electrons. The lowest BCUT2D eigenvalue weighted by Gasteiger charge is -2.24. The van der Waals surface area contributed by atoms with Crippen LogP contribution >= 0.6 is 23.2 Å². The molecule has 0 heterocycles. The van der Waals surface area contributed by atoms with E-state index in [1.807, 2.05) is 5.43 Å². The van der Waals surface area contributed by atoms with Gasteiger partial charge in [-0.15, -0.1) is 0 Å². The Balaban J connectivity index is 1.60. The zero-order valence-corrected chi connectivity index (χ0v) is 22.4. The van der Waals surface area contributed by atoms with Crippen LogP contribution in [0.4, 0.5) is 0 Å². The minimum Gasteiger partial charge on any atom is -0.478 e. The predicted molar refractivity (Wildman–Crippen MR) is 149 cm³/mol. The van der Waals surface area contributed by atoms with E-state index in [9.17, 15) is 29.1 Å². The van der Waals surface area contributed by atoms with Crippen LogP contribution in [0, 0.1) is 0 Å². The molecule has 10 nitrogen and oxygen atoms in total. The predicted octanol–water partition coefficient (Wildman–Crippen LogP) is 4.44. The number of esters is 2. The van der Waals surface area contributed by atoms with Crippen LogP contribution in [0.15, 0.2) is 91.0 Å². The van der Waals surface area contributed by atoms with Gasteiger partial charge in [-0.05, 0) is 41.1 Å². The van der Waals surface area contributed by atoms with Crippen molar-refractivity contribution < 1.29 is 38.6 Å². The number of aliphatic carboxylic acids is 1. The van der Waals surface area contributed by atoms with Gasteiger partial charge >= 0.3 is 17.9 Å². The zero-order valence-electron chi connectivity index (χ0n) is 20.9. The molecule has 2 amide bonds. The summed E-state index contributed by atoms with van der Waals surface area (Å²) in [5, 5.41) is 11.1. The zero-order chi connectivity index (χ0) is 29.5. The number of carbonyl (C=O) groups excluding carboxylic acids is 4. The van der Waals surface area contributed by atoms with E-state index in [2.05, 4.69) is 5.43 Å². The Hall–Kier alpha value is -4.93. The first-order valence-electron chi connectivity index (χ1n) is 11.9. The van der Waals surface area contributed by atoms with Crippen molar-refractivity contribution >= 4 is 63.7 Å². The molecule has 12 heteroatoms. The molecule has 0 saturated carbocycles. The topological polar surface area (TPSA) is 148 Å². The monoisotopic (exact) mass is 594 g/mol. The molecular formula is C29H20Cl2N2O8. The molecule has 208 valence electrons. The van der Waals surface area contributed by atoms with E-state index >= 15 is 0 Å². The average molecular weight is 595 g/mol. The highest BCUT2D eigenvalue weighted by molar-refractivity contribution is 6.34. The fourth-order valence-corrected chi connectivity index (χ4v) is 4.21. The SMILES string of the molecule is O=C(O[C@H](C(=O)O)[C@@H](OC(=O)c1ccccc1Cl)C(=O)NNC(=O)c1cccc2ccccc12)c1ccccc1Cl. The molecule has 0 aromatic heterocycles. The van der Waals surface area contributed by atoms with E-state index in [1.54, 1.807) is 36.4 Å². The van der Waals surface area contributed by atoms with Crippen molar-refractivity contribution in [2.75, 3.05) is 0 Å². The summed E-state index contributed by atoms with van der Waals surface area (Å²) in [6, 6.07) is 23.3.